The number of carbonyl (C=O) groups is 1. The summed E-state index contributed by atoms with van der Waals surface area (Å²) < 4.78 is 10.5. The Balaban J connectivity index is 2.06. The SMILES string of the molecule is CCN(CC)C(=O)Cc1ccc2c(c1)OCO2. The van der Waals surface area contributed by atoms with Gasteiger partial charge in [0.05, 0.1) is 6.42 Å². The fourth-order valence-electron chi connectivity index (χ4n) is 1.91. The number of likely N-dealkylation sites (N-methyl/N-ethyl adjacent to an activating group) is 1. The van der Waals surface area contributed by atoms with E-state index in [0.717, 1.165) is 30.2 Å². The lowest BCUT2D eigenvalue weighted by Crippen LogP contribution is -2.31. The van der Waals surface area contributed by atoms with E-state index < -0.39 is 0 Å². The average molecular weight is 235 g/mol. The van der Waals surface area contributed by atoms with Crippen molar-refractivity contribution >= 4 is 5.91 Å². The molecule has 92 valence electrons. The number of nitrogens with zero attached hydrogens (tertiary/aromatic N) is 1. The fraction of sp³-hybridized carbons (Fsp3) is 0.462. The van der Waals surface area contributed by atoms with E-state index in [4.69, 9.17) is 9.47 Å². The van der Waals surface area contributed by atoms with Crippen molar-refractivity contribution in [1.82, 2.24) is 4.90 Å². The molecule has 1 aliphatic rings. The van der Waals surface area contributed by atoms with Crippen molar-refractivity contribution in [2.24, 2.45) is 0 Å². The van der Waals surface area contributed by atoms with E-state index in [1.807, 2.05) is 36.9 Å². The summed E-state index contributed by atoms with van der Waals surface area (Å²) in [5.41, 5.74) is 0.964. The lowest BCUT2D eigenvalue weighted by Gasteiger charge is -2.18. The average Bonchev–Trinajstić information content (AvgIpc) is 2.77. The lowest BCUT2D eigenvalue weighted by atomic mass is 10.1. The van der Waals surface area contributed by atoms with Gasteiger partial charge >= 0.3 is 0 Å². The van der Waals surface area contributed by atoms with Gasteiger partial charge in [-0.3, -0.25) is 4.79 Å². The zero-order valence-corrected chi connectivity index (χ0v) is 10.2. The third-order valence-corrected chi connectivity index (χ3v) is 2.91. The van der Waals surface area contributed by atoms with Crippen LogP contribution in [0.4, 0.5) is 0 Å². The van der Waals surface area contributed by atoms with Crippen LogP contribution in [-0.2, 0) is 11.2 Å². The minimum Gasteiger partial charge on any atom is -0.454 e. The number of hydrogen-bond donors (Lipinski definition) is 0. The van der Waals surface area contributed by atoms with Crippen LogP contribution in [0.2, 0.25) is 0 Å². The van der Waals surface area contributed by atoms with Crippen LogP contribution < -0.4 is 9.47 Å². The molecule has 0 unspecified atom stereocenters. The molecule has 0 N–H and O–H groups in total. The molecule has 17 heavy (non-hydrogen) atoms. The van der Waals surface area contributed by atoms with E-state index in [0.29, 0.717) is 6.42 Å². The smallest absolute Gasteiger partial charge is 0.231 e. The number of carbonyl (C=O) groups excluding carboxylic acids is 1. The Labute approximate surface area is 101 Å². The standard InChI is InChI=1S/C13H17NO3/c1-3-14(4-2)13(15)8-10-5-6-11-12(7-10)17-9-16-11/h5-7H,3-4,8-9H2,1-2H3. The van der Waals surface area contributed by atoms with Gasteiger partial charge < -0.3 is 14.4 Å². The molecule has 0 saturated carbocycles. The molecule has 1 aliphatic heterocycles. The Kier molecular flexibility index (Phi) is 3.52. The molecular formula is C13H17NO3. The summed E-state index contributed by atoms with van der Waals surface area (Å²) in [7, 11) is 0. The highest BCUT2D eigenvalue weighted by Crippen LogP contribution is 2.32. The molecule has 1 heterocycles. The van der Waals surface area contributed by atoms with Gasteiger partial charge in [-0.25, -0.2) is 0 Å². The number of fused-ring (bicyclic) bond motifs is 1. The van der Waals surface area contributed by atoms with Crippen molar-refractivity contribution < 1.29 is 14.3 Å². The quantitative estimate of drug-likeness (QED) is 0.799. The number of benzene rings is 1. The molecule has 1 aromatic rings. The minimum atomic E-state index is 0.147. The van der Waals surface area contributed by atoms with Crippen molar-refractivity contribution in [2.75, 3.05) is 19.9 Å². The molecule has 0 saturated heterocycles. The van der Waals surface area contributed by atoms with Crippen LogP contribution in [-0.4, -0.2) is 30.7 Å². The van der Waals surface area contributed by atoms with Crippen molar-refractivity contribution in [3.63, 3.8) is 0 Å². The minimum absolute atomic E-state index is 0.147. The summed E-state index contributed by atoms with van der Waals surface area (Å²) in [6.07, 6.45) is 0.415. The van der Waals surface area contributed by atoms with Crippen molar-refractivity contribution in [1.29, 1.82) is 0 Å². The number of hydrogen-bond acceptors (Lipinski definition) is 3. The molecule has 4 nitrogen and oxygen atoms in total. The summed E-state index contributed by atoms with van der Waals surface area (Å²) in [6, 6.07) is 5.64. The Hall–Kier alpha value is -1.71. The lowest BCUT2D eigenvalue weighted by molar-refractivity contribution is -0.130. The van der Waals surface area contributed by atoms with Gasteiger partial charge in [0.15, 0.2) is 11.5 Å². The molecule has 0 fully saturated rings. The Morgan fingerprint density at radius 3 is 2.65 bits per heavy atom. The molecule has 4 heteroatoms. The van der Waals surface area contributed by atoms with E-state index in [1.54, 1.807) is 0 Å². The van der Waals surface area contributed by atoms with Crippen molar-refractivity contribution in [3.8, 4) is 11.5 Å². The van der Waals surface area contributed by atoms with Gasteiger partial charge in [-0.1, -0.05) is 6.07 Å². The van der Waals surface area contributed by atoms with Crippen LogP contribution in [0.1, 0.15) is 19.4 Å². The summed E-state index contributed by atoms with van der Waals surface area (Å²) in [6.45, 7) is 5.74. The molecule has 1 aromatic carbocycles. The summed E-state index contributed by atoms with van der Waals surface area (Å²) in [5.74, 6) is 1.63. The highest BCUT2D eigenvalue weighted by Gasteiger charge is 2.16. The monoisotopic (exact) mass is 235 g/mol. The van der Waals surface area contributed by atoms with Crippen molar-refractivity contribution in [3.05, 3.63) is 23.8 Å². The molecule has 0 spiro atoms. The second-order valence-corrected chi connectivity index (χ2v) is 3.93. The van der Waals surface area contributed by atoms with E-state index in [2.05, 4.69) is 0 Å². The van der Waals surface area contributed by atoms with Gasteiger partial charge in [-0.15, -0.1) is 0 Å². The Bertz CT molecular complexity index is 413. The molecule has 0 aromatic heterocycles. The van der Waals surface area contributed by atoms with E-state index >= 15 is 0 Å². The molecular weight excluding hydrogens is 218 g/mol. The van der Waals surface area contributed by atoms with Gasteiger partial charge in [-0.2, -0.15) is 0 Å². The highest BCUT2D eigenvalue weighted by molar-refractivity contribution is 5.79. The predicted molar refractivity (Wildman–Crippen MR) is 64.2 cm³/mol. The zero-order valence-electron chi connectivity index (χ0n) is 10.2. The maximum absolute atomic E-state index is 11.9. The third-order valence-electron chi connectivity index (χ3n) is 2.91. The molecule has 0 atom stereocenters. The summed E-state index contributed by atoms with van der Waals surface area (Å²) >= 11 is 0. The summed E-state index contributed by atoms with van der Waals surface area (Å²) in [5, 5.41) is 0. The van der Waals surface area contributed by atoms with E-state index in [9.17, 15) is 4.79 Å². The van der Waals surface area contributed by atoms with Gasteiger partial charge in [0.1, 0.15) is 0 Å². The first-order valence-corrected chi connectivity index (χ1v) is 5.91. The third kappa shape index (κ3) is 2.52. The van der Waals surface area contributed by atoms with Crippen LogP contribution in [0.25, 0.3) is 0 Å². The van der Waals surface area contributed by atoms with Crippen LogP contribution in [0.5, 0.6) is 11.5 Å². The first-order chi connectivity index (χ1) is 8.24. The topological polar surface area (TPSA) is 38.8 Å². The summed E-state index contributed by atoms with van der Waals surface area (Å²) in [4.78, 5) is 13.8. The number of ether oxygens (including phenoxy) is 2. The molecule has 2 rings (SSSR count). The number of amides is 1. The van der Waals surface area contributed by atoms with E-state index in [-0.39, 0.29) is 12.7 Å². The van der Waals surface area contributed by atoms with Gasteiger partial charge in [0.2, 0.25) is 12.7 Å². The normalized spacial score (nSPS) is 12.6. The molecule has 1 amide bonds. The van der Waals surface area contributed by atoms with Crippen LogP contribution in [0.15, 0.2) is 18.2 Å². The first-order valence-electron chi connectivity index (χ1n) is 5.91. The van der Waals surface area contributed by atoms with Crippen molar-refractivity contribution in [2.45, 2.75) is 20.3 Å². The molecule has 0 bridgehead atoms. The largest absolute Gasteiger partial charge is 0.454 e. The van der Waals surface area contributed by atoms with Crippen LogP contribution in [0.3, 0.4) is 0 Å². The second-order valence-electron chi connectivity index (χ2n) is 3.93. The maximum Gasteiger partial charge on any atom is 0.231 e. The number of rotatable bonds is 4. The van der Waals surface area contributed by atoms with E-state index in [1.165, 1.54) is 0 Å². The van der Waals surface area contributed by atoms with Crippen LogP contribution >= 0.6 is 0 Å². The molecule has 0 aliphatic carbocycles. The predicted octanol–water partition coefficient (Wildman–Crippen LogP) is 1.83. The van der Waals surface area contributed by atoms with Gasteiger partial charge in [0.25, 0.3) is 0 Å². The fourth-order valence-corrected chi connectivity index (χ4v) is 1.91. The van der Waals surface area contributed by atoms with Gasteiger partial charge in [0, 0.05) is 13.1 Å². The first kappa shape index (κ1) is 11.8. The second kappa shape index (κ2) is 5.08. The maximum atomic E-state index is 11.9. The highest BCUT2D eigenvalue weighted by atomic mass is 16.7. The Morgan fingerprint density at radius 1 is 1.24 bits per heavy atom. The van der Waals surface area contributed by atoms with Gasteiger partial charge in [-0.05, 0) is 31.5 Å². The zero-order chi connectivity index (χ0) is 12.3. The van der Waals surface area contributed by atoms with Crippen LogP contribution in [0, 0.1) is 0 Å². The Morgan fingerprint density at radius 2 is 1.94 bits per heavy atom. The molecule has 0 radical (unpaired) electrons.